The van der Waals surface area contributed by atoms with E-state index < -0.39 is 10.0 Å². The van der Waals surface area contributed by atoms with Gasteiger partial charge in [-0.15, -0.1) is 0 Å². The van der Waals surface area contributed by atoms with Crippen molar-refractivity contribution in [1.29, 1.82) is 0 Å². The lowest BCUT2D eigenvalue weighted by Gasteiger charge is -2.09. The Bertz CT molecular complexity index is 730. The van der Waals surface area contributed by atoms with E-state index in [0.717, 1.165) is 5.56 Å². The monoisotopic (exact) mass is 345 g/mol. The number of aliphatic hydroxyl groups excluding tert-OH is 1. The maximum absolute atomic E-state index is 12.2. The van der Waals surface area contributed by atoms with Crippen LogP contribution in [0.2, 0.25) is 10.0 Å². The zero-order valence-corrected chi connectivity index (χ0v) is 13.2. The second-order valence-electron chi connectivity index (χ2n) is 4.35. The minimum atomic E-state index is -3.69. The van der Waals surface area contributed by atoms with Crippen molar-refractivity contribution in [2.24, 2.45) is 0 Å². The Morgan fingerprint density at radius 2 is 1.67 bits per heavy atom. The van der Waals surface area contributed by atoms with Gasteiger partial charge >= 0.3 is 0 Å². The number of benzene rings is 2. The lowest BCUT2D eigenvalue weighted by atomic mass is 10.2. The quantitative estimate of drug-likeness (QED) is 0.873. The molecule has 0 saturated heterocycles. The topological polar surface area (TPSA) is 66.4 Å². The molecule has 0 atom stereocenters. The molecule has 2 aromatic rings. The van der Waals surface area contributed by atoms with Crippen molar-refractivity contribution >= 4 is 38.9 Å². The largest absolute Gasteiger partial charge is 0.396 e. The standard InChI is InChI=1S/C14H13Cl2NO3S/c15-13-6-3-11(9-14(13)16)17-21(19,20)12-4-1-10(2-5-12)7-8-18/h1-6,9,17-18H,7-8H2. The molecule has 21 heavy (non-hydrogen) atoms. The highest BCUT2D eigenvalue weighted by Crippen LogP contribution is 2.26. The Kier molecular flexibility index (Phi) is 5.11. The Morgan fingerprint density at radius 3 is 2.24 bits per heavy atom. The summed E-state index contributed by atoms with van der Waals surface area (Å²) in [6.45, 7) is 0.0214. The van der Waals surface area contributed by atoms with Crippen LogP contribution in [0, 0.1) is 0 Å². The van der Waals surface area contributed by atoms with Gasteiger partial charge in [0.1, 0.15) is 0 Å². The summed E-state index contributed by atoms with van der Waals surface area (Å²) in [4.78, 5) is 0.135. The number of rotatable bonds is 5. The molecule has 0 aromatic heterocycles. The van der Waals surface area contributed by atoms with Gasteiger partial charge in [0.2, 0.25) is 0 Å². The average Bonchev–Trinajstić information content (AvgIpc) is 2.44. The fourth-order valence-electron chi connectivity index (χ4n) is 1.74. The predicted octanol–water partition coefficient (Wildman–Crippen LogP) is 3.33. The molecule has 0 unspecified atom stereocenters. The van der Waals surface area contributed by atoms with Crippen molar-refractivity contribution in [3.63, 3.8) is 0 Å². The first kappa shape index (κ1) is 16.1. The minimum Gasteiger partial charge on any atom is -0.396 e. The molecule has 0 aliphatic carbocycles. The van der Waals surface area contributed by atoms with E-state index in [4.69, 9.17) is 28.3 Å². The van der Waals surface area contributed by atoms with Crippen LogP contribution in [0.25, 0.3) is 0 Å². The minimum absolute atomic E-state index is 0.0214. The number of nitrogens with one attached hydrogen (secondary N) is 1. The van der Waals surface area contributed by atoms with Gasteiger partial charge in [-0.3, -0.25) is 4.72 Å². The van der Waals surface area contributed by atoms with E-state index >= 15 is 0 Å². The summed E-state index contributed by atoms with van der Waals surface area (Å²) >= 11 is 11.6. The van der Waals surface area contributed by atoms with Gasteiger partial charge in [-0.05, 0) is 42.3 Å². The summed E-state index contributed by atoms with van der Waals surface area (Å²) in [5.74, 6) is 0. The first-order valence-electron chi connectivity index (χ1n) is 6.10. The summed E-state index contributed by atoms with van der Waals surface area (Å²) in [5.41, 5.74) is 1.20. The molecule has 2 N–H and O–H groups in total. The van der Waals surface area contributed by atoms with Crippen LogP contribution in [0.5, 0.6) is 0 Å². The molecule has 2 rings (SSSR count). The summed E-state index contributed by atoms with van der Waals surface area (Å²) in [6, 6.07) is 10.8. The molecule has 0 aliphatic heterocycles. The van der Waals surface area contributed by atoms with Crippen molar-refractivity contribution in [3.8, 4) is 0 Å². The van der Waals surface area contributed by atoms with Crippen LogP contribution in [-0.4, -0.2) is 20.1 Å². The van der Waals surface area contributed by atoms with Crippen LogP contribution in [0.1, 0.15) is 5.56 Å². The van der Waals surface area contributed by atoms with Gasteiger partial charge < -0.3 is 5.11 Å². The number of hydrogen-bond donors (Lipinski definition) is 2. The molecule has 0 fully saturated rings. The van der Waals surface area contributed by atoms with E-state index in [-0.39, 0.29) is 16.5 Å². The van der Waals surface area contributed by atoms with Gasteiger partial charge in [0.25, 0.3) is 10.0 Å². The number of hydrogen-bond acceptors (Lipinski definition) is 3. The van der Waals surface area contributed by atoms with E-state index in [2.05, 4.69) is 4.72 Å². The molecule has 0 heterocycles. The summed E-state index contributed by atoms with van der Waals surface area (Å²) in [7, 11) is -3.69. The molecular formula is C14H13Cl2NO3S. The second kappa shape index (κ2) is 6.66. The maximum Gasteiger partial charge on any atom is 0.261 e. The molecule has 0 bridgehead atoms. The SMILES string of the molecule is O=S(=O)(Nc1ccc(Cl)c(Cl)c1)c1ccc(CCO)cc1. The van der Waals surface area contributed by atoms with Gasteiger partial charge in [-0.25, -0.2) is 8.42 Å². The van der Waals surface area contributed by atoms with Crippen molar-refractivity contribution < 1.29 is 13.5 Å². The third kappa shape index (κ3) is 4.11. The zero-order chi connectivity index (χ0) is 15.5. The third-order valence-corrected chi connectivity index (χ3v) is 4.94. The van der Waals surface area contributed by atoms with E-state index in [1.54, 1.807) is 12.1 Å². The van der Waals surface area contributed by atoms with Gasteiger partial charge in [-0.1, -0.05) is 35.3 Å². The maximum atomic E-state index is 12.2. The van der Waals surface area contributed by atoms with E-state index in [1.165, 1.54) is 30.3 Å². The summed E-state index contributed by atoms with van der Waals surface area (Å²) < 4.78 is 26.9. The highest BCUT2D eigenvalue weighted by atomic mass is 35.5. The lowest BCUT2D eigenvalue weighted by Crippen LogP contribution is -2.13. The number of aliphatic hydroxyl groups is 1. The number of halogens is 2. The molecule has 0 spiro atoms. The van der Waals surface area contributed by atoms with Gasteiger partial charge in [0.15, 0.2) is 0 Å². The zero-order valence-electron chi connectivity index (χ0n) is 10.9. The van der Waals surface area contributed by atoms with Crippen LogP contribution < -0.4 is 4.72 Å². The summed E-state index contributed by atoms with van der Waals surface area (Å²) in [5, 5.41) is 9.47. The Labute approximate surface area is 133 Å². The molecule has 0 saturated carbocycles. The van der Waals surface area contributed by atoms with E-state index in [0.29, 0.717) is 17.1 Å². The van der Waals surface area contributed by atoms with Crippen LogP contribution >= 0.6 is 23.2 Å². The van der Waals surface area contributed by atoms with E-state index in [1.807, 2.05) is 0 Å². The summed E-state index contributed by atoms with van der Waals surface area (Å²) in [6.07, 6.45) is 0.487. The Morgan fingerprint density at radius 1 is 1.00 bits per heavy atom. The Balaban J connectivity index is 2.23. The van der Waals surface area contributed by atoms with Crippen molar-refractivity contribution in [3.05, 3.63) is 58.1 Å². The smallest absolute Gasteiger partial charge is 0.261 e. The molecule has 0 radical (unpaired) electrons. The number of sulfonamides is 1. The van der Waals surface area contributed by atoms with Gasteiger partial charge in [0, 0.05) is 6.61 Å². The van der Waals surface area contributed by atoms with Crippen molar-refractivity contribution in [2.75, 3.05) is 11.3 Å². The highest BCUT2D eigenvalue weighted by Gasteiger charge is 2.14. The molecular weight excluding hydrogens is 333 g/mol. The van der Waals surface area contributed by atoms with Crippen LogP contribution in [0.3, 0.4) is 0 Å². The van der Waals surface area contributed by atoms with Crippen LogP contribution in [0.15, 0.2) is 47.4 Å². The van der Waals surface area contributed by atoms with Gasteiger partial charge in [-0.2, -0.15) is 0 Å². The third-order valence-electron chi connectivity index (χ3n) is 2.81. The van der Waals surface area contributed by atoms with Crippen LogP contribution in [0.4, 0.5) is 5.69 Å². The number of anilines is 1. The first-order chi connectivity index (χ1) is 9.92. The van der Waals surface area contributed by atoms with Crippen LogP contribution in [-0.2, 0) is 16.4 Å². The fraction of sp³-hybridized carbons (Fsp3) is 0.143. The molecule has 0 amide bonds. The predicted molar refractivity (Wildman–Crippen MR) is 84.5 cm³/mol. The molecule has 7 heteroatoms. The average molecular weight is 346 g/mol. The normalized spacial score (nSPS) is 11.4. The van der Waals surface area contributed by atoms with Crippen molar-refractivity contribution in [1.82, 2.24) is 0 Å². The molecule has 112 valence electrons. The Hall–Kier alpha value is -1.27. The van der Waals surface area contributed by atoms with E-state index in [9.17, 15) is 8.42 Å². The first-order valence-corrected chi connectivity index (χ1v) is 8.34. The second-order valence-corrected chi connectivity index (χ2v) is 6.85. The molecule has 4 nitrogen and oxygen atoms in total. The highest BCUT2D eigenvalue weighted by molar-refractivity contribution is 7.92. The van der Waals surface area contributed by atoms with Gasteiger partial charge in [0.05, 0.1) is 20.6 Å². The lowest BCUT2D eigenvalue weighted by molar-refractivity contribution is 0.299. The molecule has 2 aromatic carbocycles. The van der Waals surface area contributed by atoms with Crippen molar-refractivity contribution in [2.45, 2.75) is 11.3 Å². The molecule has 0 aliphatic rings. The fourth-order valence-corrected chi connectivity index (χ4v) is 3.09.